The Balaban J connectivity index is 1.43. The number of sulfonamides is 1. The van der Waals surface area contributed by atoms with Crippen molar-refractivity contribution in [2.45, 2.75) is 25.7 Å². The minimum Gasteiger partial charge on any atom is -0.373 e. The number of nitrogens with zero attached hydrogens (tertiary/aromatic N) is 2. The molecule has 0 saturated carbocycles. The molecule has 1 fully saturated rings. The van der Waals surface area contributed by atoms with Gasteiger partial charge >= 0.3 is 0 Å². The molecule has 0 aliphatic carbocycles. The zero-order valence-corrected chi connectivity index (χ0v) is 19.1. The SMILES string of the molecule is CN(CCNC(=O)[C@@H]1CCCN(S(=O)(=O)CCCc2ccccc2)C1)c1ccccc1. The van der Waals surface area contributed by atoms with Gasteiger partial charge in [-0.15, -0.1) is 0 Å². The lowest BCUT2D eigenvalue weighted by Gasteiger charge is -2.31. The summed E-state index contributed by atoms with van der Waals surface area (Å²) in [4.78, 5) is 14.7. The Kier molecular flexibility index (Phi) is 8.49. The van der Waals surface area contributed by atoms with Gasteiger partial charge in [-0.1, -0.05) is 48.5 Å². The van der Waals surface area contributed by atoms with Gasteiger partial charge < -0.3 is 10.2 Å². The molecule has 0 aromatic heterocycles. The first-order valence-corrected chi connectivity index (χ1v) is 12.6. The van der Waals surface area contributed by atoms with Crippen LogP contribution in [-0.4, -0.2) is 57.6 Å². The Morgan fingerprint density at radius 2 is 1.77 bits per heavy atom. The van der Waals surface area contributed by atoms with E-state index in [1.165, 1.54) is 4.31 Å². The van der Waals surface area contributed by atoms with Gasteiger partial charge in [-0.2, -0.15) is 0 Å². The van der Waals surface area contributed by atoms with Crippen LogP contribution in [0.4, 0.5) is 5.69 Å². The molecule has 2 aromatic rings. The van der Waals surface area contributed by atoms with Crippen LogP contribution in [0.5, 0.6) is 0 Å². The zero-order valence-electron chi connectivity index (χ0n) is 18.2. The molecular weight excluding hydrogens is 410 g/mol. The summed E-state index contributed by atoms with van der Waals surface area (Å²) in [6.45, 7) is 2.02. The molecule has 0 radical (unpaired) electrons. The van der Waals surface area contributed by atoms with Crippen molar-refractivity contribution in [2.24, 2.45) is 5.92 Å². The van der Waals surface area contributed by atoms with Gasteiger partial charge in [0.05, 0.1) is 11.7 Å². The number of para-hydroxylation sites is 1. The third-order valence-electron chi connectivity index (χ3n) is 5.80. The highest BCUT2D eigenvalue weighted by Crippen LogP contribution is 2.20. The van der Waals surface area contributed by atoms with Gasteiger partial charge in [-0.25, -0.2) is 12.7 Å². The van der Waals surface area contributed by atoms with Crippen LogP contribution in [0.15, 0.2) is 60.7 Å². The zero-order chi connectivity index (χ0) is 22.1. The fourth-order valence-electron chi connectivity index (χ4n) is 3.94. The average Bonchev–Trinajstić information content (AvgIpc) is 2.80. The van der Waals surface area contributed by atoms with Crippen molar-refractivity contribution in [1.82, 2.24) is 9.62 Å². The average molecular weight is 444 g/mol. The number of piperidine rings is 1. The number of hydrogen-bond donors (Lipinski definition) is 1. The van der Waals surface area contributed by atoms with E-state index in [4.69, 9.17) is 0 Å². The second-order valence-corrected chi connectivity index (χ2v) is 10.2. The van der Waals surface area contributed by atoms with Gasteiger partial charge in [0.15, 0.2) is 0 Å². The van der Waals surface area contributed by atoms with Crippen LogP contribution in [0.3, 0.4) is 0 Å². The molecule has 7 heteroatoms. The highest BCUT2D eigenvalue weighted by molar-refractivity contribution is 7.89. The van der Waals surface area contributed by atoms with Gasteiger partial charge in [0.2, 0.25) is 15.9 Å². The Labute approximate surface area is 186 Å². The van der Waals surface area contributed by atoms with E-state index < -0.39 is 10.0 Å². The molecule has 1 amide bonds. The molecule has 0 bridgehead atoms. The summed E-state index contributed by atoms with van der Waals surface area (Å²) in [5.74, 6) is -0.205. The standard InChI is InChI=1S/C24H33N3O3S/c1-26(23-14-6-3-7-15-23)18-16-25-24(28)22-13-8-17-27(20-22)31(29,30)19-9-12-21-10-4-2-5-11-21/h2-7,10-11,14-15,22H,8-9,12-13,16-20H2,1H3,(H,25,28)/t22-/m1/s1. The third-order valence-corrected chi connectivity index (χ3v) is 7.73. The van der Waals surface area contributed by atoms with Crippen LogP contribution in [0.2, 0.25) is 0 Å². The highest BCUT2D eigenvalue weighted by atomic mass is 32.2. The quantitative estimate of drug-likeness (QED) is 0.613. The molecule has 1 atom stereocenters. The number of carbonyl (C=O) groups is 1. The number of benzene rings is 2. The van der Waals surface area contributed by atoms with Crippen molar-refractivity contribution in [3.8, 4) is 0 Å². The summed E-state index contributed by atoms with van der Waals surface area (Å²) in [7, 11) is -1.35. The summed E-state index contributed by atoms with van der Waals surface area (Å²) in [6.07, 6.45) is 2.79. The topological polar surface area (TPSA) is 69.7 Å². The molecule has 1 aliphatic rings. The van der Waals surface area contributed by atoms with Gasteiger partial charge in [0.1, 0.15) is 0 Å². The molecule has 3 rings (SSSR count). The van der Waals surface area contributed by atoms with Gasteiger partial charge in [-0.05, 0) is 43.4 Å². The largest absolute Gasteiger partial charge is 0.373 e. The number of nitrogens with one attached hydrogen (secondary N) is 1. The fraction of sp³-hybridized carbons (Fsp3) is 0.458. The molecule has 0 spiro atoms. The minimum absolute atomic E-state index is 0.0503. The Morgan fingerprint density at radius 1 is 1.10 bits per heavy atom. The molecule has 1 N–H and O–H groups in total. The molecule has 1 saturated heterocycles. The lowest BCUT2D eigenvalue weighted by Crippen LogP contribution is -2.47. The summed E-state index contributed by atoms with van der Waals surface area (Å²) in [5.41, 5.74) is 2.25. The molecule has 2 aromatic carbocycles. The number of amides is 1. The lowest BCUT2D eigenvalue weighted by atomic mass is 9.99. The Hall–Kier alpha value is -2.38. The maximum absolute atomic E-state index is 12.8. The van der Waals surface area contributed by atoms with Crippen LogP contribution < -0.4 is 10.2 Å². The Bertz CT molecular complexity index is 920. The minimum atomic E-state index is -3.34. The van der Waals surface area contributed by atoms with E-state index in [-0.39, 0.29) is 24.1 Å². The van der Waals surface area contributed by atoms with E-state index in [0.717, 1.165) is 30.5 Å². The highest BCUT2D eigenvalue weighted by Gasteiger charge is 2.31. The van der Waals surface area contributed by atoms with Crippen molar-refractivity contribution in [1.29, 1.82) is 0 Å². The maximum atomic E-state index is 12.8. The maximum Gasteiger partial charge on any atom is 0.224 e. The van der Waals surface area contributed by atoms with E-state index in [1.807, 2.05) is 67.7 Å². The van der Waals surface area contributed by atoms with Crippen LogP contribution >= 0.6 is 0 Å². The molecule has 31 heavy (non-hydrogen) atoms. The fourth-order valence-corrected chi connectivity index (χ4v) is 5.53. The molecule has 6 nitrogen and oxygen atoms in total. The lowest BCUT2D eigenvalue weighted by molar-refractivity contribution is -0.126. The van der Waals surface area contributed by atoms with Crippen molar-refractivity contribution >= 4 is 21.6 Å². The van der Waals surface area contributed by atoms with E-state index >= 15 is 0 Å². The van der Waals surface area contributed by atoms with Crippen LogP contribution in [-0.2, 0) is 21.2 Å². The molecule has 168 valence electrons. The number of hydrogen-bond acceptors (Lipinski definition) is 4. The summed E-state index contributed by atoms with van der Waals surface area (Å²) >= 11 is 0. The van der Waals surface area contributed by atoms with Crippen molar-refractivity contribution in [2.75, 3.05) is 43.9 Å². The molecule has 1 aliphatic heterocycles. The molecule has 1 heterocycles. The van der Waals surface area contributed by atoms with E-state index in [2.05, 4.69) is 10.2 Å². The second-order valence-electron chi connectivity index (χ2n) is 8.15. The van der Waals surface area contributed by atoms with Crippen LogP contribution in [0.25, 0.3) is 0 Å². The third kappa shape index (κ3) is 7.08. The first kappa shape index (κ1) is 23.3. The number of anilines is 1. The smallest absolute Gasteiger partial charge is 0.224 e. The Morgan fingerprint density at radius 3 is 2.48 bits per heavy atom. The first-order valence-electron chi connectivity index (χ1n) is 11.0. The van der Waals surface area contributed by atoms with Gasteiger partial charge in [0.25, 0.3) is 0 Å². The van der Waals surface area contributed by atoms with Crippen LogP contribution in [0, 0.1) is 5.92 Å². The van der Waals surface area contributed by atoms with Crippen molar-refractivity contribution < 1.29 is 13.2 Å². The van der Waals surface area contributed by atoms with E-state index in [1.54, 1.807) is 0 Å². The van der Waals surface area contributed by atoms with Crippen LogP contribution in [0.1, 0.15) is 24.8 Å². The molecule has 0 unspecified atom stereocenters. The van der Waals surface area contributed by atoms with Crippen molar-refractivity contribution in [3.63, 3.8) is 0 Å². The predicted octanol–water partition coefficient (Wildman–Crippen LogP) is 2.91. The monoisotopic (exact) mass is 443 g/mol. The second kappa shape index (κ2) is 11.3. The normalized spacial score (nSPS) is 17.3. The first-order chi connectivity index (χ1) is 15.0. The number of aryl methyl sites for hydroxylation is 1. The molecular formula is C24H33N3O3S. The van der Waals surface area contributed by atoms with E-state index in [9.17, 15) is 13.2 Å². The predicted molar refractivity (Wildman–Crippen MR) is 126 cm³/mol. The van der Waals surface area contributed by atoms with E-state index in [0.29, 0.717) is 26.1 Å². The van der Waals surface area contributed by atoms with Gasteiger partial charge in [-0.3, -0.25) is 4.79 Å². The number of likely N-dealkylation sites (N-methyl/N-ethyl adjacent to an activating group) is 1. The van der Waals surface area contributed by atoms with Crippen molar-refractivity contribution in [3.05, 3.63) is 66.2 Å². The van der Waals surface area contributed by atoms with Gasteiger partial charge in [0, 0.05) is 38.9 Å². The summed E-state index contributed by atoms with van der Waals surface area (Å²) < 4.78 is 27.1. The number of rotatable bonds is 10. The number of carbonyl (C=O) groups excluding carboxylic acids is 1. The summed E-state index contributed by atoms with van der Waals surface area (Å²) in [5, 5.41) is 2.99. The summed E-state index contributed by atoms with van der Waals surface area (Å²) in [6, 6.07) is 19.9.